The lowest BCUT2D eigenvalue weighted by molar-refractivity contribution is 0.102. The van der Waals surface area contributed by atoms with Crippen LogP contribution in [0.1, 0.15) is 34.7 Å². The molecule has 2 N–H and O–H groups in total. The summed E-state index contributed by atoms with van der Waals surface area (Å²) < 4.78 is 0. The molecule has 3 aromatic carbocycles. The van der Waals surface area contributed by atoms with Crippen molar-refractivity contribution in [3.63, 3.8) is 0 Å². The van der Waals surface area contributed by atoms with Gasteiger partial charge in [-0.3, -0.25) is 0 Å². The summed E-state index contributed by atoms with van der Waals surface area (Å²) in [5.74, 6) is 0.208. The molecule has 0 bridgehead atoms. The molecular formula is C21H22O2. The molecule has 1 atom stereocenters. The van der Waals surface area contributed by atoms with Crippen LogP contribution in [0.2, 0.25) is 0 Å². The molecule has 0 radical (unpaired) electrons. The lowest BCUT2D eigenvalue weighted by Crippen LogP contribution is -2.22. The van der Waals surface area contributed by atoms with E-state index < -0.39 is 5.60 Å². The number of hydrogen-bond acceptors (Lipinski definition) is 2. The molecule has 0 aliphatic rings. The molecule has 0 saturated heterocycles. The highest BCUT2D eigenvalue weighted by molar-refractivity contribution is 5.93. The minimum atomic E-state index is -1.15. The molecule has 2 heteroatoms. The summed E-state index contributed by atoms with van der Waals surface area (Å²) in [6, 6.07) is 15.2. The van der Waals surface area contributed by atoms with Crippen LogP contribution in [0.3, 0.4) is 0 Å². The van der Waals surface area contributed by atoms with Crippen molar-refractivity contribution in [1.29, 1.82) is 0 Å². The van der Waals surface area contributed by atoms with E-state index >= 15 is 0 Å². The maximum atomic E-state index is 11.0. The van der Waals surface area contributed by atoms with Gasteiger partial charge in [-0.05, 0) is 79.1 Å². The van der Waals surface area contributed by atoms with Crippen molar-refractivity contribution in [3.05, 3.63) is 76.3 Å². The number of rotatable bonds is 2. The van der Waals surface area contributed by atoms with E-state index in [-0.39, 0.29) is 5.75 Å². The fourth-order valence-corrected chi connectivity index (χ4v) is 3.13. The Labute approximate surface area is 137 Å². The highest BCUT2D eigenvalue weighted by atomic mass is 16.3. The second-order valence-electron chi connectivity index (χ2n) is 6.47. The summed E-state index contributed by atoms with van der Waals surface area (Å²) in [7, 11) is 0. The van der Waals surface area contributed by atoms with Gasteiger partial charge in [0.05, 0.1) is 0 Å². The predicted molar refractivity (Wildman–Crippen MR) is 94.9 cm³/mol. The second-order valence-corrected chi connectivity index (χ2v) is 6.47. The summed E-state index contributed by atoms with van der Waals surface area (Å²) in [4.78, 5) is 0. The Morgan fingerprint density at radius 1 is 0.783 bits per heavy atom. The molecule has 3 rings (SSSR count). The highest BCUT2D eigenvalue weighted by Gasteiger charge is 2.27. The van der Waals surface area contributed by atoms with Crippen LogP contribution in [0.4, 0.5) is 0 Å². The van der Waals surface area contributed by atoms with E-state index in [0.717, 1.165) is 27.5 Å². The maximum Gasteiger partial charge on any atom is 0.123 e. The first-order valence-electron chi connectivity index (χ1n) is 7.84. The van der Waals surface area contributed by atoms with Crippen LogP contribution < -0.4 is 0 Å². The fraction of sp³-hybridized carbons (Fsp3) is 0.238. The van der Waals surface area contributed by atoms with Crippen molar-refractivity contribution in [2.24, 2.45) is 0 Å². The average molecular weight is 306 g/mol. The van der Waals surface area contributed by atoms with Crippen LogP contribution in [0, 0.1) is 20.8 Å². The largest absolute Gasteiger partial charge is 0.507 e. The average Bonchev–Trinajstić information content (AvgIpc) is 2.54. The van der Waals surface area contributed by atoms with E-state index in [1.165, 1.54) is 5.56 Å². The minimum absolute atomic E-state index is 0.208. The normalized spacial score (nSPS) is 14.0. The maximum absolute atomic E-state index is 11.0. The van der Waals surface area contributed by atoms with Crippen molar-refractivity contribution in [3.8, 4) is 5.75 Å². The Morgan fingerprint density at radius 2 is 1.43 bits per heavy atom. The summed E-state index contributed by atoms with van der Waals surface area (Å²) in [5, 5.41) is 23.4. The number of phenolic OH excluding ortho intramolecular Hbond substituents is 1. The molecule has 0 aliphatic carbocycles. The van der Waals surface area contributed by atoms with Crippen molar-refractivity contribution in [2.45, 2.75) is 33.3 Å². The quantitative estimate of drug-likeness (QED) is 0.719. The van der Waals surface area contributed by atoms with Gasteiger partial charge in [-0.25, -0.2) is 0 Å². The van der Waals surface area contributed by atoms with Gasteiger partial charge in [-0.1, -0.05) is 30.3 Å². The Morgan fingerprint density at radius 3 is 2.09 bits per heavy atom. The lowest BCUT2D eigenvalue weighted by atomic mass is 9.85. The van der Waals surface area contributed by atoms with Crippen molar-refractivity contribution in [2.75, 3.05) is 0 Å². The number of hydrogen-bond donors (Lipinski definition) is 2. The SMILES string of the molecule is Cc1cc2c(O)cc(C(C)(O)c3ccccc3)cc2c(C)c1C. The standard InChI is InChI=1S/C21H22O2/c1-13-10-19-18(15(3)14(13)2)11-17(12-20(19)22)21(4,23)16-8-6-5-7-9-16/h5-12,22-23H,1-4H3. The zero-order valence-corrected chi connectivity index (χ0v) is 14.0. The molecule has 0 spiro atoms. The molecule has 0 fully saturated rings. The molecular weight excluding hydrogens is 284 g/mol. The third-order valence-electron chi connectivity index (χ3n) is 4.98. The van der Waals surface area contributed by atoms with Gasteiger partial charge in [0.2, 0.25) is 0 Å². The topological polar surface area (TPSA) is 40.5 Å². The number of aliphatic hydroxyl groups is 1. The molecule has 0 amide bonds. The van der Waals surface area contributed by atoms with E-state index in [1.54, 1.807) is 13.0 Å². The Kier molecular flexibility index (Phi) is 3.65. The third kappa shape index (κ3) is 2.49. The van der Waals surface area contributed by atoms with Crippen LogP contribution in [-0.2, 0) is 5.60 Å². The van der Waals surface area contributed by atoms with Crippen molar-refractivity contribution < 1.29 is 10.2 Å². The number of phenols is 1. The summed E-state index contributed by atoms with van der Waals surface area (Å²) in [6.45, 7) is 7.96. The van der Waals surface area contributed by atoms with Gasteiger partial charge < -0.3 is 10.2 Å². The predicted octanol–water partition coefficient (Wildman–Crippen LogP) is 4.73. The van der Waals surface area contributed by atoms with Crippen LogP contribution in [0.15, 0.2) is 48.5 Å². The van der Waals surface area contributed by atoms with Gasteiger partial charge in [0, 0.05) is 5.39 Å². The molecule has 1 unspecified atom stereocenters. The van der Waals surface area contributed by atoms with E-state index in [4.69, 9.17) is 0 Å². The van der Waals surface area contributed by atoms with E-state index in [1.807, 2.05) is 42.5 Å². The molecule has 118 valence electrons. The van der Waals surface area contributed by atoms with Crippen LogP contribution in [0.25, 0.3) is 10.8 Å². The molecule has 0 aliphatic heterocycles. The Balaban J connectivity index is 2.28. The Hall–Kier alpha value is -2.32. The summed E-state index contributed by atoms with van der Waals surface area (Å²) in [6.07, 6.45) is 0. The van der Waals surface area contributed by atoms with Gasteiger partial charge in [0.25, 0.3) is 0 Å². The number of fused-ring (bicyclic) bond motifs is 1. The second kappa shape index (κ2) is 5.39. The fourth-order valence-electron chi connectivity index (χ4n) is 3.13. The lowest BCUT2D eigenvalue weighted by Gasteiger charge is -2.26. The van der Waals surface area contributed by atoms with Crippen LogP contribution >= 0.6 is 0 Å². The smallest absolute Gasteiger partial charge is 0.123 e. The van der Waals surface area contributed by atoms with E-state index in [0.29, 0.717) is 5.56 Å². The van der Waals surface area contributed by atoms with E-state index in [2.05, 4.69) is 20.8 Å². The first kappa shape index (κ1) is 15.6. The molecule has 0 aromatic heterocycles. The van der Waals surface area contributed by atoms with Gasteiger partial charge in [0.15, 0.2) is 0 Å². The zero-order valence-electron chi connectivity index (χ0n) is 14.0. The van der Waals surface area contributed by atoms with Crippen LogP contribution in [-0.4, -0.2) is 10.2 Å². The molecule has 2 nitrogen and oxygen atoms in total. The summed E-state index contributed by atoms with van der Waals surface area (Å²) in [5.41, 5.74) is 3.86. The van der Waals surface area contributed by atoms with Gasteiger partial charge >= 0.3 is 0 Å². The molecule has 0 heterocycles. The summed E-state index contributed by atoms with van der Waals surface area (Å²) >= 11 is 0. The Bertz CT molecular complexity index is 877. The van der Waals surface area contributed by atoms with Gasteiger partial charge in [-0.2, -0.15) is 0 Å². The van der Waals surface area contributed by atoms with Crippen LogP contribution in [0.5, 0.6) is 5.75 Å². The van der Waals surface area contributed by atoms with Crippen molar-refractivity contribution in [1.82, 2.24) is 0 Å². The number of aryl methyl sites for hydroxylation is 2. The first-order chi connectivity index (χ1) is 10.8. The first-order valence-corrected chi connectivity index (χ1v) is 7.84. The minimum Gasteiger partial charge on any atom is -0.507 e. The zero-order chi connectivity index (χ0) is 16.8. The highest BCUT2D eigenvalue weighted by Crippen LogP contribution is 2.37. The third-order valence-corrected chi connectivity index (χ3v) is 4.98. The number of aromatic hydroxyl groups is 1. The van der Waals surface area contributed by atoms with Gasteiger partial charge in [-0.15, -0.1) is 0 Å². The van der Waals surface area contributed by atoms with Gasteiger partial charge in [0.1, 0.15) is 11.4 Å². The van der Waals surface area contributed by atoms with Crippen molar-refractivity contribution >= 4 is 10.8 Å². The monoisotopic (exact) mass is 306 g/mol. The van der Waals surface area contributed by atoms with E-state index in [9.17, 15) is 10.2 Å². The molecule has 23 heavy (non-hydrogen) atoms. The molecule has 0 saturated carbocycles. The molecule has 3 aromatic rings. The number of benzene rings is 3.